The maximum Gasteiger partial charge on any atom is 0.223 e. The van der Waals surface area contributed by atoms with Gasteiger partial charge in [0.15, 0.2) is 5.96 Å². The summed E-state index contributed by atoms with van der Waals surface area (Å²) in [7, 11) is 5.19. The van der Waals surface area contributed by atoms with E-state index >= 15 is 0 Å². The number of thioether (sulfide) groups is 1. The first-order valence-corrected chi connectivity index (χ1v) is 8.54. The van der Waals surface area contributed by atoms with Gasteiger partial charge in [0, 0.05) is 45.5 Å². The lowest BCUT2D eigenvalue weighted by Crippen LogP contribution is -2.39. The van der Waals surface area contributed by atoms with E-state index in [2.05, 4.69) is 15.6 Å². The molecule has 0 spiro atoms. The van der Waals surface area contributed by atoms with Gasteiger partial charge in [0.25, 0.3) is 0 Å². The van der Waals surface area contributed by atoms with Crippen LogP contribution in [0.25, 0.3) is 0 Å². The Morgan fingerprint density at radius 1 is 1.21 bits per heavy atom. The number of halogens is 2. The fourth-order valence-electron chi connectivity index (χ4n) is 1.73. The lowest BCUT2D eigenvalue weighted by Gasteiger charge is -2.13. The zero-order valence-electron chi connectivity index (χ0n) is 14.3. The Labute approximate surface area is 164 Å². The largest absolute Gasteiger partial charge is 0.356 e. The molecule has 0 aromatic heterocycles. The third kappa shape index (κ3) is 9.96. The molecule has 1 amide bonds. The highest BCUT2D eigenvalue weighted by Crippen LogP contribution is 2.18. The third-order valence-electron chi connectivity index (χ3n) is 3.05. The number of aliphatic imine (C=N–C) groups is 1. The van der Waals surface area contributed by atoms with Crippen molar-refractivity contribution in [3.8, 4) is 0 Å². The first-order valence-electron chi connectivity index (χ1n) is 7.56. The second-order valence-corrected chi connectivity index (χ2v) is 6.29. The van der Waals surface area contributed by atoms with Crippen molar-refractivity contribution in [1.82, 2.24) is 15.5 Å². The van der Waals surface area contributed by atoms with Crippen molar-refractivity contribution in [2.45, 2.75) is 17.7 Å². The van der Waals surface area contributed by atoms with Gasteiger partial charge in [-0.2, -0.15) is 0 Å². The Hall–Kier alpha value is -1.03. The Bertz CT molecular complexity index is 511. The molecule has 0 unspecified atom stereocenters. The highest BCUT2D eigenvalue weighted by atomic mass is 127. The molecule has 1 aromatic carbocycles. The molecule has 0 saturated carbocycles. The van der Waals surface area contributed by atoms with Crippen molar-refractivity contribution in [2.75, 3.05) is 40.0 Å². The summed E-state index contributed by atoms with van der Waals surface area (Å²) >= 11 is 1.70. The van der Waals surface area contributed by atoms with Crippen molar-refractivity contribution >= 4 is 47.6 Å². The molecule has 0 bridgehead atoms. The van der Waals surface area contributed by atoms with E-state index in [1.807, 2.05) is 0 Å². The maximum absolute atomic E-state index is 12.8. The molecular weight excluding hydrogens is 442 g/mol. The van der Waals surface area contributed by atoms with Crippen LogP contribution >= 0.6 is 35.7 Å². The van der Waals surface area contributed by atoms with Crippen molar-refractivity contribution in [1.29, 1.82) is 0 Å². The molecule has 0 radical (unpaired) electrons. The second kappa shape index (κ2) is 13.3. The van der Waals surface area contributed by atoms with E-state index in [4.69, 9.17) is 0 Å². The summed E-state index contributed by atoms with van der Waals surface area (Å²) in [5.41, 5.74) is 0. The Kier molecular flexibility index (Phi) is 12.7. The van der Waals surface area contributed by atoms with Crippen LogP contribution in [-0.2, 0) is 4.79 Å². The van der Waals surface area contributed by atoms with E-state index < -0.39 is 0 Å². The fourth-order valence-corrected chi connectivity index (χ4v) is 2.58. The average Bonchev–Trinajstić information content (AvgIpc) is 2.54. The molecule has 0 fully saturated rings. The lowest BCUT2D eigenvalue weighted by molar-refractivity contribution is -0.128. The third-order valence-corrected chi connectivity index (χ3v) is 4.15. The molecule has 0 aliphatic rings. The molecule has 8 heteroatoms. The summed E-state index contributed by atoms with van der Waals surface area (Å²) in [6, 6.07) is 6.52. The number of hydrogen-bond acceptors (Lipinski definition) is 3. The van der Waals surface area contributed by atoms with Crippen molar-refractivity contribution in [2.24, 2.45) is 4.99 Å². The van der Waals surface area contributed by atoms with Gasteiger partial charge in [-0.1, -0.05) is 0 Å². The molecular formula is C16H26FIN4OS. The predicted molar refractivity (Wildman–Crippen MR) is 110 cm³/mol. The molecule has 136 valence electrons. The van der Waals surface area contributed by atoms with Crippen LogP contribution in [0.4, 0.5) is 4.39 Å². The summed E-state index contributed by atoms with van der Waals surface area (Å²) < 4.78 is 12.8. The number of rotatable bonds is 8. The standard InChI is InChI=1S/C16H25FN4OS.HI/c1-18-16(20-11-9-15(22)21(2)3)19-10-4-12-23-14-7-5-13(17)6-8-14;/h5-8H,4,9-12H2,1-3H3,(H2,18,19,20);1H. The number of carbonyl (C=O) groups excluding carboxylic acids is 1. The molecule has 5 nitrogen and oxygen atoms in total. The Balaban J connectivity index is 0.00000529. The summed E-state index contributed by atoms with van der Waals surface area (Å²) in [4.78, 5) is 18.2. The van der Waals surface area contributed by atoms with Crippen LogP contribution < -0.4 is 10.6 Å². The van der Waals surface area contributed by atoms with Crippen LogP contribution in [0.2, 0.25) is 0 Å². The SMILES string of the molecule is CN=C(NCCCSc1ccc(F)cc1)NCCC(=O)N(C)C.I. The van der Waals surface area contributed by atoms with Crippen molar-refractivity contribution in [3.05, 3.63) is 30.1 Å². The maximum atomic E-state index is 12.8. The van der Waals surface area contributed by atoms with E-state index in [0.29, 0.717) is 18.9 Å². The van der Waals surface area contributed by atoms with Crippen molar-refractivity contribution in [3.63, 3.8) is 0 Å². The van der Waals surface area contributed by atoms with Gasteiger partial charge < -0.3 is 15.5 Å². The Morgan fingerprint density at radius 3 is 2.42 bits per heavy atom. The van der Waals surface area contributed by atoms with Crippen LogP contribution in [0.5, 0.6) is 0 Å². The first kappa shape index (κ1) is 23.0. The van der Waals surface area contributed by atoms with Gasteiger partial charge in [0.2, 0.25) is 5.91 Å². The topological polar surface area (TPSA) is 56.7 Å². The molecule has 24 heavy (non-hydrogen) atoms. The smallest absolute Gasteiger partial charge is 0.223 e. The van der Waals surface area contributed by atoms with E-state index in [-0.39, 0.29) is 35.7 Å². The van der Waals surface area contributed by atoms with Crippen LogP contribution in [0.3, 0.4) is 0 Å². The summed E-state index contributed by atoms with van der Waals surface area (Å²) in [6.45, 7) is 1.34. The van der Waals surface area contributed by atoms with E-state index in [0.717, 1.165) is 23.6 Å². The normalized spacial score (nSPS) is 10.8. The monoisotopic (exact) mass is 468 g/mol. The highest BCUT2D eigenvalue weighted by molar-refractivity contribution is 14.0. The van der Waals surface area contributed by atoms with Crippen LogP contribution in [0.1, 0.15) is 12.8 Å². The first-order chi connectivity index (χ1) is 11.0. The number of benzene rings is 1. The zero-order valence-corrected chi connectivity index (χ0v) is 17.5. The molecule has 1 aromatic rings. The molecule has 0 atom stereocenters. The number of hydrogen-bond donors (Lipinski definition) is 2. The number of nitrogens with zero attached hydrogens (tertiary/aromatic N) is 2. The fraction of sp³-hybridized carbons (Fsp3) is 0.500. The van der Waals surface area contributed by atoms with Crippen molar-refractivity contribution < 1.29 is 9.18 Å². The van der Waals surface area contributed by atoms with E-state index in [9.17, 15) is 9.18 Å². The minimum Gasteiger partial charge on any atom is -0.356 e. The molecule has 0 heterocycles. The molecule has 1 rings (SSSR count). The summed E-state index contributed by atoms with van der Waals surface area (Å²) in [5.74, 6) is 1.51. The van der Waals surface area contributed by atoms with E-state index in [1.165, 1.54) is 12.1 Å². The predicted octanol–water partition coefficient (Wildman–Crippen LogP) is 2.57. The molecule has 2 N–H and O–H groups in total. The van der Waals surface area contributed by atoms with Gasteiger partial charge in [0.05, 0.1) is 0 Å². The van der Waals surface area contributed by atoms with Gasteiger partial charge in [-0.3, -0.25) is 9.79 Å². The average molecular weight is 468 g/mol. The summed E-state index contributed by atoms with van der Waals surface area (Å²) in [6.07, 6.45) is 1.40. The lowest BCUT2D eigenvalue weighted by atomic mass is 10.4. The van der Waals surface area contributed by atoms with Crippen LogP contribution in [0.15, 0.2) is 34.2 Å². The van der Waals surface area contributed by atoms with Gasteiger partial charge >= 0.3 is 0 Å². The van der Waals surface area contributed by atoms with Gasteiger partial charge in [-0.05, 0) is 36.4 Å². The quantitative estimate of drug-likeness (QED) is 0.203. The number of guanidine groups is 1. The molecule has 0 aliphatic carbocycles. The zero-order chi connectivity index (χ0) is 17.1. The summed E-state index contributed by atoms with van der Waals surface area (Å²) in [5, 5.41) is 6.32. The second-order valence-electron chi connectivity index (χ2n) is 5.12. The van der Waals surface area contributed by atoms with E-state index in [1.54, 1.807) is 49.9 Å². The number of carbonyl (C=O) groups is 1. The van der Waals surface area contributed by atoms with Crippen LogP contribution in [-0.4, -0.2) is 56.8 Å². The molecule has 0 saturated heterocycles. The van der Waals surface area contributed by atoms with Gasteiger partial charge in [-0.15, -0.1) is 35.7 Å². The Morgan fingerprint density at radius 2 is 1.83 bits per heavy atom. The molecule has 0 aliphatic heterocycles. The van der Waals surface area contributed by atoms with Gasteiger partial charge in [0.1, 0.15) is 5.82 Å². The van der Waals surface area contributed by atoms with Gasteiger partial charge in [-0.25, -0.2) is 4.39 Å². The van der Waals surface area contributed by atoms with Crippen LogP contribution in [0, 0.1) is 5.82 Å². The highest BCUT2D eigenvalue weighted by Gasteiger charge is 2.04. The number of amides is 1. The minimum atomic E-state index is -0.210. The number of nitrogens with one attached hydrogen (secondary N) is 2. The minimum absolute atomic E-state index is 0.